The maximum Gasteiger partial charge on any atom is 0.435 e. The van der Waals surface area contributed by atoms with Gasteiger partial charge in [-0.05, 0) is 13.3 Å². The van der Waals surface area contributed by atoms with Gasteiger partial charge in [-0.1, -0.05) is 6.92 Å². The molecule has 2 rings (SSSR count). The number of rotatable bonds is 1. The fourth-order valence-corrected chi connectivity index (χ4v) is 2.38. The molecule has 0 bridgehead atoms. The van der Waals surface area contributed by atoms with Crippen molar-refractivity contribution in [3.05, 3.63) is 17.5 Å². The fraction of sp³-hybridized carbons (Fsp3) is 0.692. The Hall–Kier alpha value is -1.57. The molecule has 2 atom stereocenters. The maximum atomic E-state index is 12.6. The minimum absolute atomic E-state index is 0.101. The maximum absolute atomic E-state index is 12.6. The summed E-state index contributed by atoms with van der Waals surface area (Å²) < 4.78 is 38.8. The molecule has 118 valence electrons. The van der Waals surface area contributed by atoms with Gasteiger partial charge in [0, 0.05) is 32.1 Å². The normalized spacial score (nSPS) is 27.0. The summed E-state index contributed by atoms with van der Waals surface area (Å²) in [6.07, 6.45) is -4.18. The summed E-state index contributed by atoms with van der Waals surface area (Å²) in [5.41, 5.74) is -2.04. The molecule has 1 fully saturated rings. The lowest BCUT2D eigenvalue weighted by Gasteiger charge is -2.41. The molecule has 1 saturated heterocycles. The van der Waals surface area contributed by atoms with E-state index in [-0.39, 0.29) is 11.6 Å². The number of hydrogen-bond donors (Lipinski definition) is 1. The Labute approximate surface area is 120 Å². The van der Waals surface area contributed by atoms with Gasteiger partial charge < -0.3 is 10.0 Å². The zero-order valence-electron chi connectivity index (χ0n) is 12.1. The van der Waals surface area contributed by atoms with E-state index in [1.165, 1.54) is 11.9 Å². The average molecular weight is 305 g/mol. The van der Waals surface area contributed by atoms with Crippen molar-refractivity contribution in [2.45, 2.75) is 32.0 Å². The van der Waals surface area contributed by atoms with E-state index in [1.807, 2.05) is 6.92 Å². The van der Waals surface area contributed by atoms with Crippen LogP contribution < -0.4 is 0 Å². The molecular weight excluding hydrogens is 287 g/mol. The number of aromatic nitrogens is 2. The minimum Gasteiger partial charge on any atom is -0.390 e. The van der Waals surface area contributed by atoms with Gasteiger partial charge in [0.2, 0.25) is 0 Å². The number of halogens is 3. The Morgan fingerprint density at radius 1 is 1.52 bits per heavy atom. The second kappa shape index (κ2) is 5.01. The number of aliphatic hydroxyl groups is 1. The zero-order chi connectivity index (χ0) is 16.0. The summed E-state index contributed by atoms with van der Waals surface area (Å²) in [6, 6.07) is 0.764. The molecule has 2 heterocycles. The highest BCUT2D eigenvalue weighted by atomic mass is 19.4. The molecule has 1 N–H and O–H groups in total. The van der Waals surface area contributed by atoms with Crippen LogP contribution in [0, 0.1) is 5.92 Å². The lowest BCUT2D eigenvalue weighted by atomic mass is 9.84. The van der Waals surface area contributed by atoms with Gasteiger partial charge in [-0.2, -0.15) is 18.3 Å². The van der Waals surface area contributed by atoms with Crippen LogP contribution in [0.15, 0.2) is 6.07 Å². The topological polar surface area (TPSA) is 58.4 Å². The smallest absolute Gasteiger partial charge is 0.390 e. The second-order valence-electron chi connectivity index (χ2n) is 5.80. The average Bonchev–Trinajstić information content (AvgIpc) is 2.74. The van der Waals surface area contributed by atoms with Gasteiger partial charge in [0.25, 0.3) is 5.91 Å². The molecule has 0 spiro atoms. The largest absolute Gasteiger partial charge is 0.435 e. The van der Waals surface area contributed by atoms with E-state index in [4.69, 9.17) is 0 Å². The molecule has 0 unspecified atom stereocenters. The third-order valence-electron chi connectivity index (χ3n) is 4.12. The molecule has 21 heavy (non-hydrogen) atoms. The highest BCUT2D eigenvalue weighted by Crippen LogP contribution is 2.30. The van der Waals surface area contributed by atoms with Crippen LogP contribution in [0.4, 0.5) is 13.2 Å². The van der Waals surface area contributed by atoms with E-state index < -0.39 is 23.4 Å². The molecular formula is C13H18F3N3O2. The SMILES string of the molecule is C[C@H]1CN(C(=O)c2cc(C(F)(F)F)nn2C)CC[C@@]1(C)O. The van der Waals surface area contributed by atoms with Crippen LogP contribution in [0.2, 0.25) is 0 Å². The van der Waals surface area contributed by atoms with Crippen LogP contribution in [-0.4, -0.2) is 44.4 Å². The molecule has 1 amide bonds. The molecule has 1 aliphatic rings. The van der Waals surface area contributed by atoms with Gasteiger partial charge in [-0.15, -0.1) is 0 Å². The van der Waals surface area contributed by atoms with E-state index in [1.54, 1.807) is 6.92 Å². The number of aryl methyl sites for hydroxylation is 1. The monoisotopic (exact) mass is 305 g/mol. The van der Waals surface area contributed by atoms with Crippen molar-refractivity contribution >= 4 is 5.91 Å². The van der Waals surface area contributed by atoms with Crippen LogP contribution in [0.5, 0.6) is 0 Å². The molecule has 0 aromatic carbocycles. The van der Waals surface area contributed by atoms with Gasteiger partial charge in [0.1, 0.15) is 5.69 Å². The van der Waals surface area contributed by atoms with Gasteiger partial charge in [-0.25, -0.2) is 0 Å². The molecule has 5 nitrogen and oxygen atoms in total. The fourth-order valence-electron chi connectivity index (χ4n) is 2.38. The number of amides is 1. The van der Waals surface area contributed by atoms with Crippen molar-refractivity contribution in [2.75, 3.05) is 13.1 Å². The Balaban J connectivity index is 2.20. The quantitative estimate of drug-likeness (QED) is 0.858. The number of likely N-dealkylation sites (tertiary alicyclic amines) is 1. The van der Waals surface area contributed by atoms with Crippen molar-refractivity contribution in [2.24, 2.45) is 13.0 Å². The number of carbonyl (C=O) groups excluding carboxylic acids is 1. The first-order chi connectivity index (χ1) is 9.52. The number of alkyl halides is 3. The Morgan fingerprint density at radius 2 is 2.14 bits per heavy atom. The Kier molecular flexibility index (Phi) is 3.77. The first-order valence-electron chi connectivity index (χ1n) is 6.65. The molecule has 1 aliphatic heterocycles. The first kappa shape index (κ1) is 15.8. The van der Waals surface area contributed by atoms with Gasteiger partial charge >= 0.3 is 6.18 Å². The summed E-state index contributed by atoms with van der Waals surface area (Å²) in [4.78, 5) is 13.8. The number of carbonyl (C=O) groups is 1. The van der Waals surface area contributed by atoms with Crippen LogP contribution in [-0.2, 0) is 13.2 Å². The van der Waals surface area contributed by atoms with Crippen LogP contribution >= 0.6 is 0 Å². The predicted octanol–water partition coefficient (Wildman–Crippen LogP) is 1.67. The van der Waals surface area contributed by atoms with Crippen molar-refractivity contribution in [1.29, 1.82) is 0 Å². The molecule has 1 aromatic rings. The van der Waals surface area contributed by atoms with E-state index in [0.717, 1.165) is 10.7 Å². The van der Waals surface area contributed by atoms with E-state index in [9.17, 15) is 23.1 Å². The summed E-state index contributed by atoms with van der Waals surface area (Å²) in [6.45, 7) is 4.12. The van der Waals surface area contributed by atoms with Crippen molar-refractivity contribution in [3.63, 3.8) is 0 Å². The second-order valence-corrected chi connectivity index (χ2v) is 5.80. The van der Waals surface area contributed by atoms with Gasteiger partial charge in [-0.3, -0.25) is 9.48 Å². The van der Waals surface area contributed by atoms with Crippen LogP contribution in [0.3, 0.4) is 0 Å². The lowest BCUT2D eigenvalue weighted by molar-refractivity contribution is -0.141. The Bertz CT molecular complexity index is 551. The Morgan fingerprint density at radius 3 is 2.62 bits per heavy atom. The van der Waals surface area contributed by atoms with Crippen LogP contribution in [0.25, 0.3) is 0 Å². The summed E-state index contributed by atoms with van der Waals surface area (Å²) >= 11 is 0. The van der Waals surface area contributed by atoms with E-state index >= 15 is 0 Å². The van der Waals surface area contributed by atoms with Gasteiger partial charge in [0.05, 0.1) is 5.60 Å². The first-order valence-corrected chi connectivity index (χ1v) is 6.65. The summed E-state index contributed by atoms with van der Waals surface area (Å²) in [5, 5.41) is 13.4. The standard InChI is InChI=1S/C13H18F3N3O2/c1-8-7-19(5-4-12(8,2)21)11(20)9-6-10(13(14,15)16)17-18(9)3/h6,8,21H,4-5,7H2,1-3H3/t8-,12+/m0/s1. The van der Waals surface area contributed by atoms with Crippen LogP contribution in [0.1, 0.15) is 36.5 Å². The molecule has 8 heteroatoms. The highest BCUT2D eigenvalue weighted by Gasteiger charge is 2.39. The third kappa shape index (κ3) is 3.04. The zero-order valence-corrected chi connectivity index (χ0v) is 12.1. The number of piperidine rings is 1. The van der Waals surface area contributed by atoms with E-state index in [0.29, 0.717) is 19.5 Å². The molecule has 0 radical (unpaired) electrons. The number of hydrogen-bond acceptors (Lipinski definition) is 3. The van der Waals surface area contributed by atoms with Crippen molar-refractivity contribution < 1.29 is 23.1 Å². The third-order valence-corrected chi connectivity index (χ3v) is 4.12. The van der Waals surface area contributed by atoms with Crippen molar-refractivity contribution in [3.8, 4) is 0 Å². The van der Waals surface area contributed by atoms with Gasteiger partial charge in [0.15, 0.2) is 5.69 Å². The highest BCUT2D eigenvalue weighted by molar-refractivity contribution is 5.92. The summed E-state index contributed by atoms with van der Waals surface area (Å²) in [7, 11) is 1.31. The predicted molar refractivity (Wildman–Crippen MR) is 68.5 cm³/mol. The lowest BCUT2D eigenvalue weighted by Crippen LogP contribution is -2.51. The number of nitrogens with zero attached hydrogens (tertiary/aromatic N) is 3. The summed E-state index contributed by atoms with van der Waals surface area (Å²) in [5.74, 6) is -0.645. The van der Waals surface area contributed by atoms with Crippen molar-refractivity contribution in [1.82, 2.24) is 14.7 Å². The molecule has 0 aliphatic carbocycles. The van der Waals surface area contributed by atoms with E-state index in [2.05, 4.69) is 5.10 Å². The molecule has 1 aromatic heterocycles. The molecule has 0 saturated carbocycles. The minimum atomic E-state index is -4.57.